The smallest absolute Gasteiger partial charge is 0.343 e. The van der Waals surface area contributed by atoms with Crippen LogP contribution in [0.1, 0.15) is 10.4 Å². The fourth-order valence-corrected chi connectivity index (χ4v) is 1.62. The van der Waals surface area contributed by atoms with Crippen LogP contribution in [0.3, 0.4) is 0 Å². The number of rotatable bonds is 6. The summed E-state index contributed by atoms with van der Waals surface area (Å²) in [7, 11) is 0. The van der Waals surface area contributed by atoms with Crippen LogP contribution in [0.5, 0.6) is 17.2 Å². The Morgan fingerprint density at radius 2 is 1.35 bits per heavy atom. The summed E-state index contributed by atoms with van der Waals surface area (Å²) in [6.45, 7) is 3.60. The van der Waals surface area contributed by atoms with Gasteiger partial charge in [0.25, 0.3) is 6.47 Å². The van der Waals surface area contributed by atoms with E-state index >= 15 is 0 Å². The lowest BCUT2D eigenvalue weighted by atomic mass is 10.2. The molecule has 0 aliphatic heterocycles. The van der Waals surface area contributed by atoms with E-state index in [0.717, 1.165) is 6.08 Å². The number of hydrogen-bond donors (Lipinski definition) is 0. The second-order valence-corrected chi connectivity index (χ2v) is 4.22. The van der Waals surface area contributed by atoms with Gasteiger partial charge in [0.1, 0.15) is 17.2 Å². The topological polar surface area (TPSA) is 78.9 Å². The average Bonchev–Trinajstić information content (AvgIpc) is 2.57. The number of esters is 2. The third-order valence-corrected chi connectivity index (χ3v) is 2.69. The first-order chi connectivity index (χ1) is 11.1. The summed E-state index contributed by atoms with van der Waals surface area (Å²) in [6, 6.07) is 11.9. The maximum absolute atomic E-state index is 12.0. The molecule has 2 aromatic carbocycles. The summed E-state index contributed by atoms with van der Waals surface area (Å²) in [5.74, 6) is -0.223. The molecule has 0 amide bonds. The molecule has 0 spiro atoms. The molecule has 2 aromatic rings. The molecule has 0 aliphatic rings. The zero-order valence-corrected chi connectivity index (χ0v) is 11.9. The Morgan fingerprint density at radius 1 is 0.826 bits per heavy atom. The molecular formula is C17H12O6. The third kappa shape index (κ3) is 4.53. The zero-order chi connectivity index (χ0) is 16.7. The molecule has 0 saturated carbocycles. The Kier molecular flexibility index (Phi) is 5.25. The molecule has 0 fully saturated rings. The van der Waals surface area contributed by atoms with Gasteiger partial charge in [0.15, 0.2) is 0 Å². The number of benzene rings is 2. The molecule has 0 bridgehead atoms. The largest absolute Gasteiger partial charge is 0.429 e. The van der Waals surface area contributed by atoms with Crippen molar-refractivity contribution >= 4 is 18.4 Å². The van der Waals surface area contributed by atoms with Crippen LogP contribution in [0.4, 0.5) is 0 Å². The molecule has 0 aromatic heterocycles. The Bertz CT molecular complexity index is 716. The third-order valence-electron chi connectivity index (χ3n) is 2.69. The quantitative estimate of drug-likeness (QED) is 0.353. The number of carbonyl (C=O) groups is 3. The standard InChI is InChI=1S/C17H12O6/c1-2-16(19)22-14-5-3-12(4-6-14)17(20)23-15-9-7-13(8-10-15)21-11-18/h2-11H,1H2. The summed E-state index contributed by atoms with van der Waals surface area (Å²) < 4.78 is 14.7. The average molecular weight is 312 g/mol. The van der Waals surface area contributed by atoms with Crippen LogP contribution in [0.25, 0.3) is 0 Å². The predicted molar refractivity (Wildman–Crippen MR) is 80.4 cm³/mol. The van der Waals surface area contributed by atoms with Crippen LogP contribution in [0.2, 0.25) is 0 Å². The molecule has 6 nitrogen and oxygen atoms in total. The fraction of sp³-hybridized carbons (Fsp3) is 0. The van der Waals surface area contributed by atoms with Crippen LogP contribution in [0, 0.1) is 0 Å². The van der Waals surface area contributed by atoms with Gasteiger partial charge in [-0.1, -0.05) is 6.58 Å². The van der Waals surface area contributed by atoms with Crippen LogP contribution < -0.4 is 14.2 Å². The Balaban J connectivity index is 2.01. The fourth-order valence-electron chi connectivity index (χ4n) is 1.62. The molecule has 2 rings (SSSR count). The van der Waals surface area contributed by atoms with E-state index in [4.69, 9.17) is 9.47 Å². The Hall–Kier alpha value is -3.41. The molecule has 0 unspecified atom stereocenters. The second kappa shape index (κ2) is 7.56. The van der Waals surface area contributed by atoms with Gasteiger partial charge in [-0.15, -0.1) is 0 Å². The van der Waals surface area contributed by atoms with Gasteiger partial charge in [0.2, 0.25) is 0 Å². The van der Waals surface area contributed by atoms with E-state index in [-0.39, 0.29) is 5.56 Å². The van der Waals surface area contributed by atoms with Crippen molar-refractivity contribution in [1.82, 2.24) is 0 Å². The van der Waals surface area contributed by atoms with Crippen molar-refractivity contribution in [3.8, 4) is 17.2 Å². The highest BCUT2D eigenvalue weighted by Crippen LogP contribution is 2.19. The molecule has 0 aliphatic carbocycles. The molecule has 0 saturated heterocycles. The lowest BCUT2D eigenvalue weighted by Gasteiger charge is -2.06. The summed E-state index contributed by atoms with van der Waals surface area (Å²) in [5, 5.41) is 0. The van der Waals surface area contributed by atoms with E-state index in [0.29, 0.717) is 23.7 Å². The van der Waals surface area contributed by atoms with E-state index in [2.05, 4.69) is 11.3 Å². The zero-order valence-electron chi connectivity index (χ0n) is 11.9. The molecule has 0 radical (unpaired) electrons. The van der Waals surface area contributed by atoms with E-state index in [1.807, 2.05) is 0 Å². The van der Waals surface area contributed by atoms with Crippen LogP contribution in [0.15, 0.2) is 61.2 Å². The number of hydrogen-bond acceptors (Lipinski definition) is 6. The SMILES string of the molecule is C=CC(=O)Oc1ccc(C(=O)Oc2ccc(OC=O)cc2)cc1. The minimum atomic E-state index is -0.585. The first-order valence-corrected chi connectivity index (χ1v) is 6.49. The Morgan fingerprint density at radius 3 is 1.91 bits per heavy atom. The van der Waals surface area contributed by atoms with Gasteiger partial charge in [-0.05, 0) is 48.5 Å². The highest BCUT2D eigenvalue weighted by Gasteiger charge is 2.09. The number of carbonyl (C=O) groups excluding carboxylic acids is 3. The predicted octanol–water partition coefficient (Wildman–Crippen LogP) is 2.53. The van der Waals surface area contributed by atoms with Gasteiger partial charge in [-0.3, -0.25) is 4.79 Å². The van der Waals surface area contributed by atoms with E-state index in [1.54, 1.807) is 0 Å². The van der Waals surface area contributed by atoms with E-state index < -0.39 is 11.9 Å². The van der Waals surface area contributed by atoms with Gasteiger partial charge < -0.3 is 14.2 Å². The van der Waals surface area contributed by atoms with Crippen molar-refractivity contribution in [2.24, 2.45) is 0 Å². The van der Waals surface area contributed by atoms with Gasteiger partial charge in [-0.25, -0.2) is 9.59 Å². The lowest BCUT2D eigenvalue weighted by Crippen LogP contribution is -2.09. The van der Waals surface area contributed by atoms with Crippen molar-refractivity contribution in [2.75, 3.05) is 0 Å². The van der Waals surface area contributed by atoms with E-state index in [1.165, 1.54) is 48.5 Å². The second-order valence-electron chi connectivity index (χ2n) is 4.22. The molecular weight excluding hydrogens is 300 g/mol. The van der Waals surface area contributed by atoms with Crippen molar-refractivity contribution in [3.63, 3.8) is 0 Å². The van der Waals surface area contributed by atoms with Crippen molar-refractivity contribution in [1.29, 1.82) is 0 Å². The minimum absolute atomic E-state index is 0.289. The highest BCUT2D eigenvalue weighted by atomic mass is 16.5. The van der Waals surface area contributed by atoms with E-state index in [9.17, 15) is 14.4 Å². The van der Waals surface area contributed by atoms with Crippen molar-refractivity contribution < 1.29 is 28.6 Å². The minimum Gasteiger partial charge on any atom is -0.429 e. The van der Waals surface area contributed by atoms with Crippen molar-refractivity contribution in [3.05, 3.63) is 66.7 Å². The highest BCUT2D eigenvalue weighted by molar-refractivity contribution is 5.91. The summed E-state index contributed by atoms with van der Waals surface area (Å²) in [5.41, 5.74) is 0.289. The Labute approximate surface area is 131 Å². The van der Waals surface area contributed by atoms with Crippen LogP contribution in [-0.2, 0) is 9.59 Å². The molecule has 0 atom stereocenters. The van der Waals surface area contributed by atoms with Crippen LogP contribution >= 0.6 is 0 Å². The normalized spacial score (nSPS) is 9.57. The number of ether oxygens (including phenoxy) is 3. The lowest BCUT2D eigenvalue weighted by molar-refractivity contribution is -0.129. The maximum Gasteiger partial charge on any atom is 0.343 e. The molecule has 116 valence electrons. The maximum atomic E-state index is 12.0. The first-order valence-electron chi connectivity index (χ1n) is 6.49. The summed E-state index contributed by atoms with van der Waals surface area (Å²) in [6.07, 6.45) is 1.04. The van der Waals surface area contributed by atoms with Crippen LogP contribution in [-0.4, -0.2) is 18.4 Å². The van der Waals surface area contributed by atoms with Crippen molar-refractivity contribution in [2.45, 2.75) is 0 Å². The van der Waals surface area contributed by atoms with Gasteiger partial charge in [0, 0.05) is 6.08 Å². The summed E-state index contributed by atoms with van der Waals surface area (Å²) in [4.78, 5) is 33.2. The molecule has 6 heteroatoms. The molecule has 0 heterocycles. The monoisotopic (exact) mass is 312 g/mol. The molecule has 23 heavy (non-hydrogen) atoms. The first kappa shape index (κ1) is 16.0. The van der Waals surface area contributed by atoms with Gasteiger partial charge in [-0.2, -0.15) is 0 Å². The molecule has 0 N–H and O–H groups in total. The summed E-state index contributed by atoms with van der Waals surface area (Å²) >= 11 is 0. The van der Waals surface area contributed by atoms with Gasteiger partial charge in [0.05, 0.1) is 5.56 Å². The van der Waals surface area contributed by atoms with Gasteiger partial charge >= 0.3 is 11.9 Å².